The first kappa shape index (κ1) is 20.9. The number of amides is 2. The molecule has 1 saturated heterocycles. The third-order valence-electron chi connectivity index (χ3n) is 5.44. The van der Waals surface area contributed by atoms with E-state index in [1.54, 1.807) is 23.7 Å². The molecule has 1 aliphatic heterocycles. The van der Waals surface area contributed by atoms with Gasteiger partial charge in [-0.2, -0.15) is 5.10 Å². The van der Waals surface area contributed by atoms with Crippen LogP contribution < -0.4 is 10.1 Å². The van der Waals surface area contributed by atoms with Gasteiger partial charge in [0.05, 0.1) is 18.7 Å². The van der Waals surface area contributed by atoms with Gasteiger partial charge in [-0.3, -0.25) is 14.3 Å². The second-order valence-corrected chi connectivity index (χ2v) is 7.54. The second-order valence-electron chi connectivity index (χ2n) is 7.54. The van der Waals surface area contributed by atoms with E-state index in [2.05, 4.69) is 10.4 Å². The maximum atomic E-state index is 13.5. The molecule has 8 heteroatoms. The minimum atomic E-state index is -0.640. The standard InChI is InChI=1S/C23H26N4O4/c1-26-19-11-7-6-10-18(19)21(25-26)23(29)27-15-17(31-16-8-4-3-5-9-16)14-20(27)22(28)24-12-13-30-2/h3-11,17,20H,12-15H2,1-2H3,(H,24,28)/t17-,20-/m0/s1. The van der Waals surface area contributed by atoms with Crippen LogP contribution in [0.15, 0.2) is 54.6 Å². The molecule has 0 spiro atoms. The quantitative estimate of drug-likeness (QED) is 0.589. The topological polar surface area (TPSA) is 85.7 Å². The van der Waals surface area contributed by atoms with Crippen molar-refractivity contribution in [2.45, 2.75) is 18.6 Å². The number of carbonyl (C=O) groups excluding carboxylic acids is 2. The molecule has 2 aromatic carbocycles. The molecule has 4 rings (SSSR count). The van der Waals surface area contributed by atoms with Gasteiger partial charge in [0.2, 0.25) is 5.91 Å². The summed E-state index contributed by atoms with van der Waals surface area (Å²) in [5.41, 5.74) is 1.20. The van der Waals surface area contributed by atoms with Crippen molar-refractivity contribution in [3.05, 3.63) is 60.3 Å². The van der Waals surface area contributed by atoms with Crippen molar-refractivity contribution < 1.29 is 19.1 Å². The highest BCUT2D eigenvalue weighted by molar-refractivity contribution is 6.06. The molecule has 31 heavy (non-hydrogen) atoms. The van der Waals surface area contributed by atoms with Crippen LogP contribution in [0.5, 0.6) is 5.75 Å². The summed E-state index contributed by atoms with van der Waals surface area (Å²) < 4.78 is 12.8. The third-order valence-corrected chi connectivity index (χ3v) is 5.44. The van der Waals surface area contributed by atoms with Crippen LogP contribution in [0.25, 0.3) is 10.9 Å². The minimum Gasteiger partial charge on any atom is -0.488 e. The summed E-state index contributed by atoms with van der Waals surface area (Å²) in [4.78, 5) is 28.0. The Morgan fingerprint density at radius 3 is 2.65 bits per heavy atom. The Hall–Kier alpha value is -3.39. The lowest BCUT2D eigenvalue weighted by molar-refractivity contribution is -0.125. The zero-order valence-electron chi connectivity index (χ0n) is 17.7. The van der Waals surface area contributed by atoms with Crippen molar-refractivity contribution in [2.75, 3.05) is 26.8 Å². The highest BCUT2D eigenvalue weighted by Gasteiger charge is 2.42. The number of aryl methyl sites for hydroxylation is 1. The van der Waals surface area contributed by atoms with E-state index in [4.69, 9.17) is 9.47 Å². The van der Waals surface area contributed by atoms with Gasteiger partial charge < -0.3 is 19.7 Å². The van der Waals surface area contributed by atoms with E-state index >= 15 is 0 Å². The Morgan fingerprint density at radius 2 is 1.87 bits per heavy atom. The summed E-state index contributed by atoms with van der Waals surface area (Å²) in [6.45, 7) is 1.09. The van der Waals surface area contributed by atoms with E-state index in [0.29, 0.717) is 37.6 Å². The number of para-hydroxylation sites is 2. The normalized spacial score (nSPS) is 18.3. The van der Waals surface area contributed by atoms with Crippen LogP contribution in [0.2, 0.25) is 0 Å². The van der Waals surface area contributed by atoms with E-state index in [1.807, 2.05) is 54.6 Å². The van der Waals surface area contributed by atoms with Gasteiger partial charge in [0.1, 0.15) is 17.9 Å². The van der Waals surface area contributed by atoms with Crippen LogP contribution in [-0.4, -0.2) is 65.4 Å². The van der Waals surface area contributed by atoms with Crippen molar-refractivity contribution in [3.8, 4) is 5.75 Å². The van der Waals surface area contributed by atoms with Gasteiger partial charge in [-0.05, 0) is 18.2 Å². The van der Waals surface area contributed by atoms with Crippen LogP contribution in [0.3, 0.4) is 0 Å². The molecule has 0 bridgehead atoms. The summed E-state index contributed by atoms with van der Waals surface area (Å²) in [5.74, 6) is 0.219. The number of carbonyl (C=O) groups is 2. The Labute approximate surface area is 180 Å². The fraction of sp³-hybridized carbons (Fsp3) is 0.348. The Balaban J connectivity index is 1.59. The van der Waals surface area contributed by atoms with Crippen molar-refractivity contribution in [2.24, 2.45) is 7.05 Å². The molecular weight excluding hydrogens is 396 g/mol. The first-order chi connectivity index (χ1) is 15.1. The zero-order chi connectivity index (χ0) is 21.8. The number of aromatic nitrogens is 2. The van der Waals surface area contributed by atoms with Crippen LogP contribution in [-0.2, 0) is 16.6 Å². The predicted octanol–water partition coefficient (Wildman–Crippen LogP) is 2.00. The van der Waals surface area contributed by atoms with Gasteiger partial charge in [0.25, 0.3) is 5.91 Å². The van der Waals surface area contributed by atoms with E-state index in [1.165, 1.54) is 0 Å². The summed E-state index contributed by atoms with van der Waals surface area (Å²) in [6, 6.07) is 16.4. The van der Waals surface area contributed by atoms with Gasteiger partial charge in [0.15, 0.2) is 5.69 Å². The first-order valence-electron chi connectivity index (χ1n) is 10.3. The predicted molar refractivity (Wildman–Crippen MR) is 116 cm³/mol. The first-order valence-corrected chi connectivity index (χ1v) is 10.3. The Kier molecular flexibility index (Phi) is 6.18. The van der Waals surface area contributed by atoms with E-state index in [0.717, 1.165) is 10.9 Å². The maximum Gasteiger partial charge on any atom is 0.275 e. The van der Waals surface area contributed by atoms with Gasteiger partial charge in [0, 0.05) is 32.5 Å². The number of benzene rings is 2. The number of nitrogens with one attached hydrogen (secondary N) is 1. The number of nitrogens with zero attached hydrogens (tertiary/aromatic N) is 3. The third kappa shape index (κ3) is 4.39. The average Bonchev–Trinajstić information content (AvgIpc) is 3.36. The van der Waals surface area contributed by atoms with Gasteiger partial charge in [-0.15, -0.1) is 0 Å². The van der Waals surface area contributed by atoms with Gasteiger partial charge in [-0.1, -0.05) is 36.4 Å². The monoisotopic (exact) mass is 422 g/mol. The lowest BCUT2D eigenvalue weighted by Crippen LogP contribution is -2.46. The summed E-state index contributed by atoms with van der Waals surface area (Å²) in [6.07, 6.45) is 0.115. The lowest BCUT2D eigenvalue weighted by Gasteiger charge is -2.22. The number of fused-ring (bicyclic) bond motifs is 1. The molecule has 2 heterocycles. The molecule has 162 valence electrons. The molecule has 0 aliphatic carbocycles. The molecule has 1 aliphatic rings. The van der Waals surface area contributed by atoms with Crippen molar-refractivity contribution in [1.82, 2.24) is 20.0 Å². The second kappa shape index (κ2) is 9.18. The molecular formula is C23H26N4O4. The van der Waals surface area contributed by atoms with Crippen molar-refractivity contribution in [1.29, 1.82) is 0 Å². The van der Waals surface area contributed by atoms with E-state index in [9.17, 15) is 9.59 Å². The molecule has 1 fully saturated rings. The molecule has 1 aromatic heterocycles. The zero-order valence-corrected chi connectivity index (χ0v) is 17.7. The molecule has 3 aromatic rings. The van der Waals surface area contributed by atoms with Crippen LogP contribution in [0, 0.1) is 0 Å². The summed E-state index contributed by atoms with van der Waals surface area (Å²) in [7, 11) is 3.38. The molecule has 8 nitrogen and oxygen atoms in total. The lowest BCUT2D eigenvalue weighted by atomic mass is 10.1. The van der Waals surface area contributed by atoms with Crippen LogP contribution in [0.1, 0.15) is 16.9 Å². The fourth-order valence-electron chi connectivity index (χ4n) is 3.95. The Bertz CT molecular complexity index is 1070. The van der Waals surface area contributed by atoms with E-state index < -0.39 is 6.04 Å². The molecule has 2 amide bonds. The molecule has 0 unspecified atom stereocenters. The number of methoxy groups -OCH3 is 1. The van der Waals surface area contributed by atoms with Crippen LogP contribution in [0.4, 0.5) is 0 Å². The molecule has 0 radical (unpaired) electrons. The summed E-state index contributed by atoms with van der Waals surface area (Å²) >= 11 is 0. The Morgan fingerprint density at radius 1 is 1.13 bits per heavy atom. The van der Waals surface area contributed by atoms with Gasteiger partial charge >= 0.3 is 0 Å². The number of rotatable bonds is 7. The molecule has 0 saturated carbocycles. The minimum absolute atomic E-state index is 0.218. The largest absolute Gasteiger partial charge is 0.488 e. The van der Waals surface area contributed by atoms with E-state index in [-0.39, 0.29) is 17.9 Å². The highest BCUT2D eigenvalue weighted by atomic mass is 16.5. The van der Waals surface area contributed by atoms with Gasteiger partial charge in [-0.25, -0.2) is 0 Å². The molecule has 2 atom stereocenters. The molecule has 1 N–H and O–H groups in total. The van der Waals surface area contributed by atoms with Crippen LogP contribution >= 0.6 is 0 Å². The maximum absolute atomic E-state index is 13.5. The summed E-state index contributed by atoms with van der Waals surface area (Å²) in [5, 5.41) is 8.06. The van der Waals surface area contributed by atoms with Crippen molar-refractivity contribution in [3.63, 3.8) is 0 Å². The number of hydrogen-bond acceptors (Lipinski definition) is 5. The highest BCUT2D eigenvalue weighted by Crippen LogP contribution is 2.27. The number of hydrogen-bond donors (Lipinski definition) is 1. The fourth-order valence-corrected chi connectivity index (χ4v) is 3.95. The number of likely N-dealkylation sites (tertiary alicyclic amines) is 1. The van der Waals surface area contributed by atoms with Crippen molar-refractivity contribution >= 4 is 22.7 Å². The SMILES string of the molecule is COCCNC(=O)[C@@H]1C[C@H](Oc2ccccc2)CN1C(=O)c1nn(C)c2ccccc12. The smallest absolute Gasteiger partial charge is 0.275 e. The average molecular weight is 422 g/mol. The number of ether oxygens (including phenoxy) is 2.